The molecule has 0 unspecified atom stereocenters. The molecule has 0 aliphatic carbocycles. The zero-order valence-corrected chi connectivity index (χ0v) is 10.3. The second kappa shape index (κ2) is 4.67. The lowest BCUT2D eigenvalue weighted by Gasteiger charge is -2.24. The normalized spacial score (nSPS) is 10.5. The average molecular weight is 226 g/mol. The van der Waals surface area contributed by atoms with Crippen LogP contribution < -0.4 is 4.90 Å². The third-order valence-corrected chi connectivity index (χ3v) is 2.83. The van der Waals surface area contributed by atoms with Crippen LogP contribution in [0.3, 0.4) is 0 Å². The van der Waals surface area contributed by atoms with Gasteiger partial charge >= 0.3 is 0 Å². The molecule has 0 aliphatic rings. The van der Waals surface area contributed by atoms with E-state index in [9.17, 15) is 4.79 Å². The van der Waals surface area contributed by atoms with E-state index in [1.807, 2.05) is 19.2 Å². The van der Waals surface area contributed by atoms with E-state index in [0.29, 0.717) is 16.6 Å². The number of anilines is 1. The van der Waals surface area contributed by atoms with Crippen LogP contribution >= 0.6 is 11.6 Å². The first-order valence-electron chi connectivity index (χ1n) is 4.96. The number of carbonyl (C=O) groups excluding carboxylic acids is 1. The molecule has 0 atom stereocenters. The number of nitrogens with zero attached hydrogens (tertiary/aromatic N) is 1. The summed E-state index contributed by atoms with van der Waals surface area (Å²) in [5.74, 6) is -0.00116. The zero-order valence-electron chi connectivity index (χ0n) is 9.54. The number of Topliss-reactive ketones (excluding diaryl/α,β-unsaturated/α-hetero) is 1. The molecule has 0 heterocycles. The first kappa shape index (κ1) is 12.1. The second-order valence-electron chi connectivity index (χ2n) is 3.92. The largest absolute Gasteiger partial charge is 0.372 e. The summed E-state index contributed by atoms with van der Waals surface area (Å²) in [5, 5.41) is 0.521. The standard InChI is InChI=1S/C12H16ClNO/c1-8(2)14(4)10-5-6-11(9(3)15)12(13)7-10/h5-8H,1-4H3. The summed E-state index contributed by atoms with van der Waals surface area (Å²) < 4.78 is 0. The third kappa shape index (κ3) is 2.72. The molecule has 82 valence electrons. The van der Waals surface area contributed by atoms with Crippen LogP contribution in [-0.4, -0.2) is 18.9 Å². The molecule has 0 aromatic heterocycles. The van der Waals surface area contributed by atoms with Crippen LogP contribution in [0.5, 0.6) is 0 Å². The van der Waals surface area contributed by atoms with Crippen molar-refractivity contribution in [1.29, 1.82) is 0 Å². The molecule has 0 radical (unpaired) electrons. The van der Waals surface area contributed by atoms with Gasteiger partial charge in [-0.15, -0.1) is 0 Å². The Kier molecular flexibility index (Phi) is 3.75. The van der Waals surface area contributed by atoms with Gasteiger partial charge in [-0.3, -0.25) is 4.79 Å². The van der Waals surface area contributed by atoms with E-state index in [1.54, 1.807) is 6.07 Å². The monoisotopic (exact) mass is 225 g/mol. The fraction of sp³-hybridized carbons (Fsp3) is 0.417. The van der Waals surface area contributed by atoms with Crippen molar-refractivity contribution in [2.45, 2.75) is 26.8 Å². The number of rotatable bonds is 3. The van der Waals surface area contributed by atoms with Crippen LogP contribution in [0, 0.1) is 0 Å². The molecule has 0 saturated heterocycles. The minimum atomic E-state index is -0.00116. The minimum absolute atomic E-state index is 0.00116. The molecule has 0 aliphatic heterocycles. The van der Waals surface area contributed by atoms with Gasteiger partial charge in [0.05, 0.1) is 5.02 Å². The second-order valence-corrected chi connectivity index (χ2v) is 4.33. The van der Waals surface area contributed by atoms with Crippen LogP contribution in [0.2, 0.25) is 5.02 Å². The summed E-state index contributed by atoms with van der Waals surface area (Å²) in [6, 6.07) is 5.93. The topological polar surface area (TPSA) is 20.3 Å². The molecule has 15 heavy (non-hydrogen) atoms. The fourth-order valence-electron chi connectivity index (χ4n) is 1.31. The summed E-state index contributed by atoms with van der Waals surface area (Å²) in [6.45, 7) is 5.73. The molecule has 1 aromatic rings. The first-order valence-corrected chi connectivity index (χ1v) is 5.34. The van der Waals surface area contributed by atoms with Gasteiger partial charge in [-0.2, -0.15) is 0 Å². The van der Waals surface area contributed by atoms with E-state index in [-0.39, 0.29) is 5.78 Å². The van der Waals surface area contributed by atoms with Gasteiger partial charge in [-0.25, -0.2) is 0 Å². The van der Waals surface area contributed by atoms with E-state index >= 15 is 0 Å². The van der Waals surface area contributed by atoms with Crippen molar-refractivity contribution in [3.8, 4) is 0 Å². The van der Waals surface area contributed by atoms with E-state index in [2.05, 4.69) is 18.7 Å². The molecule has 0 saturated carbocycles. The first-order chi connectivity index (χ1) is 6.93. The Hall–Kier alpha value is -1.02. The van der Waals surface area contributed by atoms with Crippen molar-refractivity contribution >= 4 is 23.1 Å². The number of hydrogen-bond donors (Lipinski definition) is 0. The lowest BCUT2D eigenvalue weighted by molar-refractivity contribution is 0.101. The van der Waals surface area contributed by atoms with Crippen molar-refractivity contribution in [3.63, 3.8) is 0 Å². The van der Waals surface area contributed by atoms with E-state index in [0.717, 1.165) is 5.69 Å². The fourth-order valence-corrected chi connectivity index (χ4v) is 1.61. The maximum absolute atomic E-state index is 11.2. The Balaban J connectivity index is 3.06. The molecule has 0 fully saturated rings. The van der Waals surface area contributed by atoms with Crippen LogP contribution in [0.25, 0.3) is 0 Å². The summed E-state index contributed by atoms with van der Waals surface area (Å²) in [5.41, 5.74) is 1.61. The number of hydrogen-bond acceptors (Lipinski definition) is 2. The highest BCUT2D eigenvalue weighted by Crippen LogP contribution is 2.24. The van der Waals surface area contributed by atoms with E-state index in [4.69, 9.17) is 11.6 Å². The predicted molar refractivity (Wildman–Crippen MR) is 65.0 cm³/mol. The van der Waals surface area contributed by atoms with E-state index < -0.39 is 0 Å². The van der Waals surface area contributed by atoms with Gasteiger partial charge in [-0.05, 0) is 39.0 Å². The molecule has 1 rings (SSSR count). The SMILES string of the molecule is CC(=O)c1ccc(N(C)C(C)C)cc1Cl. The highest BCUT2D eigenvalue weighted by Gasteiger charge is 2.09. The highest BCUT2D eigenvalue weighted by molar-refractivity contribution is 6.34. The van der Waals surface area contributed by atoms with Crippen LogP contribution in [-0.2, 0) is 0 Å². The number of carbonyl (C=O) groups is 1. The van der Waals surface area contributed by atoms with E-state index in [1.165, 1.54) is 6.92 Å². The van der Waals surface area contributed by atoms with Gasteiger partial charge < -0.3 is 4.90 Å². The molecule has 1 aromatic carbocycles. The van der Waals surface area contributed by atoms with Crippen LogP contribution in [0.15, 0.2) is 18.2 Å². The molecule has 0 bridgehead atoms. The molecule has 3 heteroatoms. The summed E-state index contributed by atoms with van der Waals surface area (Å²) in [7, 11) is 2.00. The summed E-state index contributed by atoms with van der Waals surface area (Å²) in [4.78, 5) is 13.3. The van der Waals surface area contributed by atoms with Gasteiger partial charge in [0.25, 0.3) is 0 Å². The Bertz CT molecular complexity index is 374. The molecule has 0 N–H and O–H groups in total. The van der Waals surface area contributed by atoms with Gasteiger partial charge in [0.2, 0.25) is 0 Å². The minimum Gasteiger partial charge on any atom is -0.372 e. The van der Waals surface area contributed by atoms with Crippen molar-refractivity contribution < 1.29 is 4.79 Å². The van der Waals surface area contributed by atoms with Gasteiger partial charge in [-0.1, -0.05) is 11.6 Å². The quantitative estimate of drug-likeness (QED) is 0.735. The van der Waals surface area contributed by atoms with Gasteiger partial charge in [0, 0.05) is 24.3 Å². The predicted octanol–water partition coefficient (Wildman–Crippen LogP) is 3.39. The smallest absolute Gasteiger partial charge is 0.161 e. The van der Waals surface area contributed by atoms with Crippen LogP contribution in [0.4, 0.5) is 5.69 Å². The number of halogens is 1. The molecule has 2 nitrogen and oxygen atoms in total. The van der Waals surface area contributed by atoms with Crippen LogP contribution in [0.1, 0.15) is 31.1 Å². The molecular formula is C12H16ClNO. The Morgan fingerprint density at radius 3 is 2.40 bits per heavy atom. The molecular weight excluding hydrogens is 210 g/mol. The van der Waals surface area contributed by atoms with Crippen molar-refractivity contribution in [2.24, 2.45) is 0 Å². The molecule has 0 spiro atoms. The zero-order chi connectivity index (χ0) is 11.6. The highest BCUT2D eigenvalue weighted by atomic mass is 35.5. The van der Waals surface area contributed by atoms with Crippen molar-refractivity contribution in [2.75, 3.05) is 11.9 Å². The third-order valence-electron chi connectivity index (χ3n) is 2.51. The Morgan fingerprint density at radius 1 is 1.40 bits per heavy atom. The average Bonchev–Trinajstić information content (AvgIpc) is 2.15. The van der Waals surface area contributed by atoms with Gasteiger partial charge in [0.1, 0.15) is 0 Å². The Labute approximate surface area is 95.8 Å². The lowest BCUT2D eigenvalue weighted by atomic mass is 10.1. The lowest BCUT2D eigenvalue weighted by Crippen LogP contribution is -2.25. The number of benzene rings is 1. The summed E-state index contributed by atoms with van der Waals surface area (Å²) >= 11 is 6.03. The Morgan fingerprint density at radius 2 is 2.00 bits per heavy atom. The number of ketones is 1. The molecule has 0 amide bonds. The van der Waals surface area contributed by atoms with Crippen molar-refractivity contribution in [1.82, 2.24) is 0 Å². The maximum Gasteiger partial charge on any atom is 0.161 e. The van der Waals surface area contributed by atoms with Crippen molar-refractivity contribution in [3.05, 3.63) is 28.8 Å². The maximum atomic E-state index is 11.2. The summed E-state index contributed by atoms with van der Waals surface area (Å²) in [6.07, 6.45) is 0. The van der Waals surface area contributed by atoms with Gasteiger partial charge in [0.15, 0.2) is 5.78 Å².